The minimum Gasteiger partial charge on any atom is -0.290 e. The molecule has 3 rings (SSSR count). The molecule has 0 amide bonds. The molecule has 11 heteroatoms. The molecule has 3 aromatic rings. The molecule has 2 aromatic heterocycles. The van der Waals surface area contributed by atoms with E-state index >= 15 is 0 Å². The highest BCUT2D eigenvalue weighted by Crippen LogP contribution is 2.19. The molecule has 0 aliphatic rings. The van der Waals surface area contributed by atoms with Crippen molar-refractivity contribution in [3.05, 3.63) is 59.1 Å². The van der Waals surface area contributed by atoms with Crippen LogP contribution in [0.2, 0.25) is 5.02 Å². The molecular weight excluding hydrogens is 370 g/mol. The number of hydrogen-bond acceptors (Lipinski definition) is 7. The second-order valence-electron chi connectivity index (χ2n) is 4.92. The number of H-pyrrole nitrogens is 1. The van der Waals surface area contributed by atoms with Crippen LogP contribution in [0, 0.1) is 0 Å². The summed E-state index contributed by atoms with van der Waals surface area (Å²) in [5, 5.41) is 12.5. The number of aromatic amines is 1. The van der Waals surface area contributed by atoms with Gasteiger partial charge in [0.05, 0.1) is 11.3 Å². The molecule has 0 spiro atoms. The van der Waals surface area contributed by atoms with E-state index in [1.807, 2.05) is 0 Å². The number of aromatic nitrogens is 5. The lowest BCUT2D eigenvalue weighted by atomic mass is 10.1. The number of carbonyl (C=O) groups is 2. The average Bonchev–Trinajstić information content (AvgIpc) is 3.26. The maximum atomic E-state index is 12.7. The van der Waals surface area contributed by atoms with Gasteiger partial charge in [0, 0.05) is 16.9 Å². The van der Waals surface area contributed by atoms with E-state index < -0.39 is 28.0 Å². The fourth-order valence-corrected chi connectivity index (χ4v) is 3.62. The Morgan fingerprint density at radius 2 is 1.88 bits per heavy atom. The molecule has 0 aliphatic carbocycles. The fraction of sp³-hybridized carbons (Fsp3) is 0.0714. The minimum atomic E-state index is -3.92. The van der Waals surface area contributed by atoms with Crippen molar-refractivity contribution in [2.24, 2.45) is 0 Å². The van der Waals surface area contributed by atoms with Crippen molar-refractivity contribution in [3.63, 3.8) is 0 Å². The predicted octanol–water partition coefficient (Wildman–Crippen LogP) is 0.886. The molecule has 0 saturated carbocycles. The Morgan fingerprint density at radius 1 is 1.16 bits per heavy atom. The quantitative estimate of drug-likeness (QED) is 0.497. The molecule has 0 fully saturated rings. The third kappa shape index (κ3) is 3.35. The van der Waals surface area contributed by atoms with Crippen molar-refractivity contribution in [2.75, 3.05) is 0 Å². The van der Waals surface area contributed by atoms with Gasteiger partial charge < -0.3 is 0 Å². The second kappa shape index (κ2) is 6.57. The Hall–Kier alpha value is -2.85. The van der Waals surface area contributed by atoms with Crippen LogP contribution in [0.4, 0.5) is 0 Å². The highest BCUT2D eigenvalue weighted by molar-refractivity contribution is 7.90. The molecule has 1 aromatic carbocycles. The number of ketones is 2. The van der Waals surface area contributed by atoms with Crippen molar-refractivity contribution in [1.29, 1.82) is 0 Å². The van der Waals surface area contributed by atoms with Gasteiger partial charge in [-0.05, 0) is 41.6 Å². The van der Waals surface area contributed by atoms with Crippen molar-refractivity contribution >= 4 is 33.2 Å². The van der Waals surface area contributed by atoms with Crippen molar-refractivity contribution in [3.8, 4) is 0 Å². The number of rotatable bonds is 6. The third-order valence-corrected chi connectivity index (χ3v) is 5.30. The zero-order valence-electron chi connectivity index (χ0n) is 12.5. The Labute approximate surface area is 146 Å². The van der Waals surface area contributed by atoms with Crippen LogP contribution in [-0.4, -0.2) is 44.6 Å². The van der Waals surface area contributed by atoms with Gasteiger partial charge in [-0.3, -0.25) is 9.59 Å². The van der Waals surface area contributed by atoms with E-state index in [-0.39, 0.29) is 16.4 Å². The lowest BCUT2D eigenvalue weighted by Crippen LogP contribution is -2.22. The summed E-state index contributed by atoms with van der Waals surface area (Å²) in [6.07, 6.45) is 0.874. The highest BCUT2D eigenvalue weighted by atomic mass is 35.5. The number of nitrogens with one attached hydrogen (secondary N) is 1. The number of carbonyl (C=O) groups excluding carboxylic acids is 2. The summed E-state index contributed by atoms with van der Waals surface area (Å²) in [5.74, 6) is -2.18. The molecule has 1 N–H and O–H groups in total. The summed E-state index contributed by atoms with van der Waals surface area (Å²) in [5.41, 5.74) is 0.136. The number of tetrazole rings is 1. The number of halogens is 1. The van der Waals surface area contributed by atoms with Crippen LogP contribution in [0.5, 0.6) is 0 Å². The SMILES string of the molecule is O=C(Cc1cccn1S(=O)(=O)c1ccc(Cl)cc1)C(=O)c1nn[nH]n1. The Kier molecular flexibility index (Phi) is 4.47. The largest absolute Gasteiger partial charge is 0.290 e. The maximum absolute atomic E-state index is 12.7. The van der Waals surface area contributed by atoms with E-state index in [4.69, 9.17) is 11.6 Å². The van der Waals surface area contributed by atoms with Crippen LogP contribution in [0.3, 0.4) is 0 Å². The summed E-state index contributed by atoms with van der Waals surface area (Å²) >= 11 is 5.77. The van der Waals surface area contributed by atoms with E-state index in [1.165, 1.54) is 42.6 Å². The van der Waals surface area contributed by atoms with Crippen LogP contribution < -0.4 is 0 Å². The minimum absolute atomic E-state index is 0.00583. The predicted molar refractivity (Wildman–Crippen MR) is 85.7 cm³/mol. The summed E-state index contributed by atoms with van der Waals surface area (Å²) in [6, 6.07) is 8.51. The summed E-state index contributed by atoms with van der Waals surface area (Å²) in [4.78, 5) is 24.0. The van der Waals surface area contributed by atoms with Crippen molar-refractivity contribution in [2.45, 2.75) is 11.3 Å². The monoisotopic (exact) mass is 379 g/mol. The average molecular weight is 380 g/mol. The maximum Gasteiger partial charge on any atom is 0.269 e. The van der Waals surface area contributed by atoms with Crippen molar-refractivity contribution < 1.29 is 18.0 Å². The van der Waals surface area contributed by atoms with Gasteiger partial charge in [0.15, 0.2) is 0 Å². The van der Waals surface area contributed by atoms with Gasteiger partial charge in [-0.2, -0.15) is 5.21 Å². The van der Waals surface area contributed by atoms with E-state index in [0.29, 0.717) is 5.02 Å². The first kappa shape index (κ1) is 17.0. The third-order valence-electron chi connectivity index (χ3n) is 3.31. The zero-order chi connectivity index (χ0) is 18.0. The Balaban J connectivity index is 1.89. The fourth-order valence-electron chi connectivity index (χ4n) is 2.12. The molecule has 9 nitrogen and oxygen atoms in total. The van der Waals surface area contributed by atoms with Gasteiger partial charge in [0.25, 0.3) is 15.8 Å². The van der Waals surface area contributed by atoms with E-state index in [2.05, 4.69) is 20.6 Å². The van der Waals surface area contributed by atoms with E-state index in [0.717, 1.165) is 3.97 Å². The number of benzene rings is 1. The molecule has 0 atom stereocenters. The van der Waals surface area contributed by atoms with Gasteiger partial charge in [-0.15, -0.1) is 10.2 Å². The van der Waals surface area contributed by atoms with Crippen LogP contribution >= 0.6 is 11.6 Å². The number of Topliss-reactive ketones (excluding diaryl/α,β-unsaturated/α-hetero) is 2. The lowest BCUT2D eigenvalue weighted by Gasteiger charge is -2.10. The first-order chi connectivity index (χ1) is 11.9. The Morgan fingerprint density at radius 3 is 2.52 bits per heavy atom. The molecule has 25 heavy (non-hydrogen) atoms. The van der Waals surface area contributed by atoms with E-state index in [9.17, 15) is 18.0 Å². The molecule has 2 heterocycles. The van der Waals surface area contributed by atoms with Gasteiger partial charge in [0.1, 0.15) is 0 Å². The number of nitrogens with zero attached hydrogens (tertiary/aromatic N) is 4. The molecule has 128 valence electrons. The molecule has 0 saturated heterocycles. The molecule has 0 unspecified atom stereocenters. The molecule has 0 aliphatic heterocycles. The summed E-state index contributed by atoms with van der Waals surface area (Å²) < 4.78 is 26.3. The van der Waals surface area contributed by atoms with Crippen molar-refractivity contribution in [1.82, 2.24) is 24.6 Å². The van der Waals surface area contributed by atoms with Gasteiger partial charge >= 0.3 is 0 Å². The van der Waals surface area contributed by atoms with Crippen LogP contribution in [0.25, 0.3) is 0 Å². The number of hydrogen-bond donors (Lipinski definition) is 1. The first-order valence-corrected chi connectivity index (χ1v) is 8.70. The normalized spacial score (nSPS) is 11.4. The Bertz CT molecular complexity index is 1030. The topological polar surface area (TPSA) is 128 Å². The van der Waals surface area contributed by atoms with E-state index in [1.54, 1.807) is 0 Å². The highest BCUT2D eigenvalue weighted by Gasteiger charge is 2.25. The van der Waals surface area contributed by atoms with Crippen LogP contribution in [0.1, 0.15) is 16.3 Å². The van der Waals surface area contributed by atoms with Gasteiger partial charge in [-0.1, -0.05) is 11.6 Å². The molecular formula is C14H10ClN5O4S. The molecule has 0 radical (unpaired) electrons. The van der Waals surface area contributed by atoms with Crippen LogP contribution in [-0.2, 0) is 21.2 Å². The van der Waals surface area contributed by atoms with Gasteiger partial charge in [-0.25, -0.2) is 12.4 Å². The van der Waals surface area contributed by atoms with Crippen LogP contribution in [0.15, 0.2) is 47.5 Å². The second-order valence-corrected chi connectivity index (χ2v) is 7.17. The first-order valence-electron chi connectivity index (χ1n) is 6.88. The lowest BCUT2D eigenvalue weighted by molar-refractivity contribution is -0.114. The molecule has 0 bridgehead atoms. The smallest absolute Gasteiger partial charge is 0.269 e. The van der Waals surface area contributed by atoms with Gasteiger partial charge in [0.2, 0.25) is 11.6 Å². The standard InChI is InChI=1S/C14H10ClN5O4S/c15-9-3-5-11(6-4-9)25(23,24)20-7-1-2-10(20)8-12(21)13(22)14-16-18-19-17-14/h1-7H,8H2,(H,16,17,18,19). The summed E-state index contributed by atoms with van der Waals surface area (Å²) in [6.45, 7) is 0. The summed E-state index contributed by atoms with van der Waals surface area (Å²) in [7, 11) is -3.92. The zero-order valence-corrected chi connectivity index (χ0v) is 14.0.